The molecule has 0 radical (unpaired) electrons. The van der Waals surface area contributed by atoms with E-state index >= 15 is 0 Å². The predicted octanol–water partition coefficient (Wildman–Crippen LogP) is 2.76. The second-order valence-corrected chi connectivity index (χ2v) is 6.55. The molecule has 1 aromatic rings. The molecule has 1 saturated heterocycles. The lowest BCUT2D eigenvalue weighted by Crippen LogP contribution is -2.34. The molecular formula is C17H25ClN2O. The van der Waals surface area contributed by atoms with Crippen molar-refractivity contribution in [3.63, 3.8) is 0 Å². The van der Waals surface area contributed by atoms with E-state index in [0.29, 0.717) is 11.3 Å². The highest BCUT2D eigenvalue weighted by molar-refractivity contribution is 5.85. The molecule has 116 valence electrons. The number of carbonyl (C=O) groups is 1. The van der Waals surface area contributed by atoms with E-state index in [1.165, 1.54) is 24.0 Å². The van der Waals surface area contributed by atoms with Crippen molar-refractivity contribution in [2.45, 2.75) is 32.7 Å². The molecule has 2 fully saturated rings. The zero-order valence-corrected chi connectivity index (χ0v) is 13.7. The van der Waals surface area contributed by atoms with Crippen LogP contribution in [0.5, 0.6) is 0 Å². The van der Waals surface area contributed by atoms with Crippen LogP contribution >= 0.6 is 12.4 Å². The zero-order valence-electron chi connectivity index (χ0n) is 12.9. The average Bonchev–Trinajstić information content (AvgIpc) is 3.12. The number of hydrogen-bond donors (Lipinski definition) is 1. The second kappa shape index (κ2) is 6.37. The molecule has 1 atom stereocenters. The Morgan fingerprint density at radius 3 is 2.76 bits per heavy atom. The molecule has 1 amide bonds. The molecule has 1 saturated carbocycles. The van der Waals surface area contributed by atoms with Crippen LogP contribution in [0.2, 0.25) is 0 Å². The van der Waals surface area contributed by atoms with Crippen LogP contribution in [-0.4, -0.2) is 30.9 Å². The lowest BCUT2D eigenvalue weighted by molar-refractivity contribution is -0.132. The summed E-state index contributed by atoms with van der Waals surface area (Å²) in [7, 11) is 1.94. The van der Waals surface area contributed by atoms with Gasteiger partial charge in [-0.2, -0.15) is 0 Å². The van der Waals surface area contributed by atoms with Gasteiger partial charge in [0.15, 0.2) is 0 Å². The summed E-state index contributed by atoms with van der Waals surface area (Å²) in [6.45, 7) is 4.97. The van der Waals surface area contributed by atoms with Gasteiger partial charge in [0.25, 0.3) is 0 Å². The average molecular weight is 309 g/mol. The Labute approximate surface area is 133 Å². The summed E-state index contributed by atoms with van der Waals surface area (Å²) in [4.78, 5) is 14.5. The van der Waals surface area contributed by atoms with E-state index in [9.17, 15) is 4.79 Å². The third-order valence-electron chi connectivity index (χ3n) is 4.97. The molecule has 1 N–H and O–H groups in total. The number of nitrogens with one attached hydrogen (secondary N) is 1. The van der Waals surface area contributed by atoms with Crippen molar-refractivity contribution in [2.24, 2.45) is 11.3 Å². The summed E-state index contributed by atoms with van der Waals surface area (Å²) in [6, 6.07) is 8.42. The number of amides is 1. The zero-order chi connectivity index (χ0) is 14.2. The highest BCUT2D eigenvalue weighted by Crippen LogP contribution is 2.59. The Morgan fingerprint density at radius 1 is 1.38 bits per heavy atom. The predicted molar refractivity (Wildman–Crippen MR) is 87.5 cm³/mol. The molecule has 1 aliphatic heterocycles. The van der Waals surface area contributed by atoms with Crippen LogP contribution in [0.3, 0.4) is 0 Å². The van der Waals surface area contributed by atoms with Gasteiger partial charge in [0.05, 0.1) is 0 Å². The van der Waals surface area contributed by atoms with Crippen LogP contribution < -0.4 is 5.32 Å². The summed E-state index contributed by atoms with van der Waals surface area (Å²) in [5, 5.41) is 3.39. The van der Waals surface area contributed by atoms with Gasteiger partial charge in [-0.05, 0) is 50.3 Å². The third kappa shape index (κ3) is 3.41. The minimum atomic E-state index is 0. The molecule has 21 heavy (non-hydrogen) atoms. The molecular weight excluding hydrogens is 284 g/mol. The topological polar surface area (TPSA) is 32.3 Å². The van der Waals surface area contributed by atoms with E-state index in [1.807, 2.05) is 11.9 Å². The quantitative estimate of drug-likeness (QED) is 0.931. The summed E-state index contributed by atoms with van der Waals surface area (Å²) in [6.07, 6.45) is 3.44. The summed E-state index contributed by atoms with van der Waals surface area (Å²) < 4.78 is 0. The van der Waals surface area contributed by atoms with Crippen LogP contribution in [0.15, 0.2) is 24.3 Å². The van der Waals surface area contributed by atoms with Crippen LogP contribution in [-0.2, 0) is 11.3 Å². The van der Waals surface area contributed by atoms with Gasteiger partial charge in [-0.15, -0.1) is 12.4 Å². The molecule has 4 heteroatoms. The van der Waals surface area contributed by atoms with Gasteiger partial charge >= 0.3 is 0 Å². The molecule has 0 aromatic heterocycles. The van der Waals surface area contributed by atoms with Crippen molar-refractivity contribution in [1.82, 2.24) is 10.2 Å². The van der Waals surface area contributed by atoms with Crippen LogP contribution in [0.4, 0.5) is 0 Å². The molecule has 3 rings (SSSR count). The largest absolute Gasteiger partial charge is 0.341 e. The Bertz CT molecular complexity index is 511. The van der Waals surface area contributed by atoms with Gasteiger partial charge < -0.3 is 10.2 Å². The fraction of sp³-hybridized carbons (Fsp3) is 0.588. The number of halogens is 1. The molecule has 1 aliphatic carbocycles. The maximum Gasteiger partial charge on any atom is 0.226 e. The molecule has 1 unspecified atom stereocenters. The minimum absolute atomic E-state index is 0. The number of rotatable bonds is 3. The summed E-state index contributed by atoms with van der Waals surface area (Å²) in [5.41, 5.74) is 2.81. The van der Waals surface area contributed by atoms with Crippen molar-refractivity contribution < 1.29 is 4.79 Å². The van der Waals surface area contributed by atoms with Crippen molar-refractivity contribution in [2.75, 3.05) is 20.1 Å². The first-order valence-electron chi connectivity index (χ1n) is 7.62. The Balaban J connectivity index is 0.00000161. The highest BCUT2D eigenvalue weighted by atomic mass is 35.5. The summed E-state index contributed by atoms with van der Waals surface area (Å²) in [5.74, 6) is 0.618. The molecule has 1 spiro atoms. The Hall–Kier alpha value is -1.06. The van der Waals surface area contributed by atoms with Gasteiger partial charge in [-0.3, -0.25) is 4.79 Å². The number of aryl methyl sites for hydroxylation is 1. The molecule has 1 heterocycles. The van der Waals surface area contributed by atoms with Crippen molar-refractivity contribution in [3.05, 3.63) is 35.4 Å². The lowest BCUT2D eigenvalue weighted by atomic mass is 9.91. The second-order valence-electron chi connectivity index (χ2n) is 6.55. The van der Waals surface area contributed by atoms with E-state index in [-0.39, 0.29) is 18.3 Å². The summed E-state index contributed by atoms with van der Waals surface area (Å²) >= 11 is 0. The number of benzene rings is 1. The lowest BCUT2D eigenvalue weighted by Gasteiger charge is -2.25. The van der Waals surface area contributed by atoms with E-state index < -0.39 is 0 Å². The van der Waals surface area contributed by atoms with Gasteiger partial charge in [0.1, 0.15) is 0 Å². The van der Waals surface area contributed by atoms with Crippen molar-refractivity contribution >= 4 is 18.3 Å². The van der Waals surface area contributed by atoms with Gasteiger partial charge in [0, 0.05) is 19.5 Å². The first kappa shape index (κ1) is 16.3. The van der Waals surface area contributed by atoms with Gasteiger partial charge in [-0.1, -0.05) is 29.8 Å². The van der Waals surface area contributed by atoms with Crippen molar-refractivity contribution in [1.29, 1.82) is 0 Å². The minimum Gasteiger partial charge on any atom is -0.341 e. The molecule has 3 nitrogen and oxygen atoms in total. The number of piperidine rings is 1. The van der Waals surface area contributed by atoms with E-state index in [0.717, 1.165) is 26.1 Å². The first-order chi connectivity index (χ1) is 9.61. The normalized spacial score (nSPS) is 22.5. The smallest absolute Gasteiger partial charge is 0.226 e. The first-order valence-corrected chi connectivity index (χ1v) is 7.62. The van der Waals surface area contributed by atoms with Crippen LogP contribution in [0, 0.1) is 18.3 Å². The molecule has 2 aliphatic rings. The standard InChI is InChI=1S/C17H24N2O.ClH/c1-13-4-3-5-14(10-13)12-19(2)16(20)15-11-17(15)6-8-18-9-7-17;/h3-5,10,15,18H,6-9,11-12H2,1-2H3;1H. The fourth-order valence-electron chi connectivity index (χ4n) is 3.60. The van der Waals surface area contributed by atoms with Gasteiger partial charge in [-0.25, -0.2) is 0 Å². The van der Waals surface area contributed by atoms with Crippen LogP contribution in [0.25, 0.3) is 0 Å². The number of hydrogen-bond acceptors (Lipinski definition) is 2. The van der Waals surface area contributed by atoms with Gasteiger partial charge in [0.2, 0.25) is 5.91 Å². The third-order valence-corrected chi connectivity index (χ3v) is 4.97. The van der Waals surface area contributed by atoms with E-state index in [1.54, 1.807) is 0 Å². The molecule has 0 bridgehead atoms. The monoisotopic (exact) mass is 308 g/mol. The maximum absolute atomic E-state index is 12.6. The Morgan fingerprint density at radius 2 is 2.10 bits per heavy atom. The van der Waals surface area contributed by atoms with E-state index in [4.69, 9.17) is 0 Å². The van der Waals surface area contributed by atoms with Crippen molar-refractivity contribution in [3.8, 4) is 0 Å². The fourth-order valence-corrected chi connectivity index (χ4v) is 3.60. The SMILES string of the molecule is Cc1cccc(CN(C)C(=O)C2CC23CCNCC3)c1.Cl. The van der Waals surface area contributed by atoms with E-state index in [2.05, 4.69) is 36.5 Å². The van der Waals surface area contributed by atoms with Crippen LogP contribution in [0.1, 0.15) is 30.4 Å². The highest BCUT2D eigenvalue weighted by Gasteiger charge is 2.58. The molecule has 1 aromatic carbocycles. The maximum atomic E-state index is 12.6. The Kier molecular flexibility index (Phi) is 4.95. The number of carbonyl (C=O) groups excluding carboxylic acids is 1. The number of nitrogens with zero attached hydrogens (tertiary/aromatic N) is 1.